The lowest BCUT2D eigenvalue weighted by atomic mass is 9.94. The lowest BCUT2D eigenvalue weighted by molar-refractivity contribution is -0.110. The topological polar surface area (TPSA) is 66.4 Å². The van der Waals surface area contributed by atoms with E-state index in [1.165, 1.54) is 0 Å². The van der Waals surface area contributed by atoms with E-state index in [0.717, 1.165) is 17.7 Å². The predicted molar refractivity (Wildman–Crippen MR) is 136 cm³/mol. The van der Waals surface area contributed by atoms with E-state index in [4.69, 9.17) is 23.4 Å². The molecule has 1 rings (SSSR count). The Morgan fingerprint density at radius 3 is 2.30 bits per heavy atom. The first kappa shape index (κ1) is 29.8. The number of aliphatic hydroxyl groups excluding tert-OH is 1. The van der Waals surface area contributed by atoms with Crippen molar-refractivity contribution in [1.29, 1.82) is 0 Å². The van der Waals surface area contributed by atoms with E-state index in [0.29, 0.717) is 26.1 Å². The molecule has 0 amide bonds. The molecule has 0 aliphatic heterocycles. The summed E-state index contributed by atoms with van der Waals surface area (Å²) in [6.07, 6.45) is 3.69. The maximum absolute atomic E-state index is 9.94. The number of hydrogen-bond acceptors (Lipinski definition) is 6. The van der Waals surface area contributed by atoms with Gasteiger partial charge in [-0.2, -0.15) is 0 Å². The highest BCUT2D eigenvalue weighted by Crippen LogP contribution is 2.38. The second-order valence-corrected chi connectivity index (χ2v) is 14.8. The van der Waals surface area contributed by atoms with E-state index >= 15 is 0 Å². The molecule has 3 atom stereocenters. The highest BCUT2D eigenvalue weighted by Gasteiger charge is 2.40. The minimum atomic E-state index is -2.00. The molecule has 0 aliphatic carbocycles. The molecule has 0 spiro atoms. The molecule has 0 aromatic heterocycles. The van der Waals surface area contributed by atoms with Crippen LogP contribution in [0, 0.1) is 5.92 Å². The van der Waals surface area contributed by atoms with Gasteiger partial charge >= 0.3 is 0 Å². The van der Waals surface area contributed by atoms with Gasteiger partial charge in [0.2, 0.25) is 0 Å². The summed E-state index contributed by atoms with van der Waals surface area (Å²) in [5.74, 6) is 0.782. The summed E-state index contributed by atoms with van der Waals surface area (Å²) in [5.41, 5.74) is 1.10. The van der Waals surface area contributed by atoms with Crippen LogP contribution in [0.4, 0.5) is 0 Å². The fourth-order valence-electron chi connectivity index (χ4n) is 3.31. The van der Waals surface area contributed by atoms with Crippen LogP contribution in [0.25, 0.3) is 0 Å². The first-order valence-electron chi connectivity index (χ1n) is 11.8. The largest absolute Gasteiger partial charge is 0.497 e. The molecule has 0 radical (unpaired) electrons. The van der Waals surface area contributed by atoms with Gasteiger partial charge in [-0.3, -0.25) is 0 Å². The smallest absolute Gasteiger partial charge is 0.192 e. The van der Waals surface area contributed by atoms with Gasteiger partial charge in [-0.15, -0.1) is 6.58 Å². The quantitative estimate of drug-likeness (QED) is 0.136. The van der Waals surface area contributed by atoms with E-state index in [1.807, 2.05) is 30.3 Å². The number of benzene rings is 1. The molecule has 1 aromatic rings. The first-order valence-corrected chi connectivity index (χ1v) is 14.7. The van der Waals surface area contributed by atoms with Crippen molar-refractivity contribution in [3.8, 4) is 5.75 Å². The fourth-order valence-corrected chi connectivity index (χ4v) is 4.71. The molecule has 1 N–H and O–H groups in total. The monoisotopic (exact) mass is 482 g/mol. The van der Waals surface area contributed by atoms with Crippen molar-refractivity contribution < 1.29 is 28.5 Å². The summed E-state index contributed by atoms with van der Waals surface area (Å²) in [4.78, 5) is 0. The molecule has 0 bridgehead atoms. The van der Waals surface area contributed by atoms with Crippen molar-refractivity contribution in [1.82, 2.24) is 0 Å². The molecule has 0 saturated carbocycles. The minimum absolute atomic E-state index is 0.0290. The summed E-state index contributed by atoms with van der Waals surface area (Å²) in [7, 11) is 1.26. The number of ether oxygens (including phenoxy) is 4. The zero-order valence-corrected chi connectivity index (χ0v) is 22.8. The van der Waals surface area contributed by atoms with Crippen LogP contribution in [0.5, 0.6) is 5.75 Å². The second kappa shape index (κ2) is 14.9. The lowest BCUT2D eigenvalue weighted by Crippen LogP contribution is -2.45. The van der Waals surface area contributed by atoms with Crippen LogP contribution in [0.1, 0.15) is 45.6 Å². The summed E-state index contributed by atoms with van der Waals surface area (Å²) >= 11 is 0. The number of aliphatic hydroxyl groups is 1. The normalized spacial score (nSPS) is 15.2. The van der Waals surface area contributed by atoms with Crippen molar-refractivity contribution in [2.75, 3.05) is 34.2 Å². The third-order valence-corrected chi connectivity index (χ3v) is 10.9. The van der Waals surface area contributed by atoms with Crippen molar-refractivity contribution in [3.63, 3.8) is 0 Å². The first-order chi connectivity index (χ1) is 15.6. The molecule has 7 heteroatoms. The van der Waals surface area contributed by atoms with Crippen molar-refractivity contribution in [2.24, 2.45) is 5.92 Å². The van der Waals surface area contributed by atoms with Crippen LogP contribution in [0.3, 0.4) is 0 Å². The van der Waals surface area contributed by atoms with E-state index in [2.05, 4.69) is 40.4 Å². The maximum Gasteiger partial charge on any atom is 0.192 e. The predicted octanol–water partition coefficient (Wildman–Crippen LogP) is 5.56. The maximum atomic E-state index is 9.94. The Balaban J connectivity index is 2.85. The van der Waals surface area contributed by atoms with E-state index in [9.17, 15) is 5.11 Å². The molecule has 190 valence electrons. The van der Waals surface area contributed by atoms with Gasteiger partial charge in [-0.25, -0.2) is 0 Å². The van der Waals surface area contributed by atoms with Crippen LogP contribution in [0.15, 0.2) is 36.9 Å². The zero-order chi connectivity index (χ0) is 24.9. The Morgan fingerprint density at radius 2 is 1.79 bits per heavy atom. The Hall–Kier alpha value is -1.22. The average Bonchev–Trinajstić information content (AvgIpc) is 2.77. The third kappa shape index (κ3) is 10.7. The molecule has 0 unspecified atom stereocenters. The Kier molecular flexibility index (Phi) is 13.5. The zero-order valence-electron chi connectivity index (χ0n) is 21.8. The van der Waals surface area contributed by atoms with Gasteiger partial charge in [-0.1, -0.05) is 39.0 Å². The van der Waals surface area contributed by atoms with Crippen molar-refractivity contribution in [2.45, 2.75) is 77.0 Å². The summed E-state index contributed by atoms with van der Waals surface area (Å²) < 4.78 is 29.1. The Morgan fingerprint density at radius 1 is 1.12 bits per heavy atom. The van der Waals surface area contributed by atoms with Crippen LogP contribution in [-0.2, 0) is 25.2 Å². The van der Waals surface area contributed by atoms with Crippen molar-refractivity contribution in [3.05, 3.63) is 42.5 Å². The van der Waals surface area contributed by atoms with Crippen molar-refractivity contribution >= 4 is 8.32 Å². The molecule has 0 fully saturated rings. The van der Waals surface area contributed by atoms with Gasteiger partial charge in [0.05, 0.1) is 19.8 Å². The molecular weight excluding hydrogens is 436 g/mol. The Bertz CT molecular complexity index is 656. The second-order valence-electron chi connectivity index (χ2n) is 10.0. The lowest BCUT2D eigenvalue weighted by Gasteiger charge is -2.40. The summed E-state index contributed by atoms with van der Waals surface area (Å²) in [6.45, 7) is 16.4. The number of methoxy groups -OCH3 is 2. The number of allylic oxidation sites excluding steroid dienone is 1. The number of hydrogen-bond donors (Lipinski definition) is 1. The van der Waals surface area contributed by atoms with Gasteiger partial charge in [0, 0.05) is 32.3 Å². The van der Waals surface area contributed by atoms with Gasteiger partial charge in [-0.05, 0) is 55.1 Å². The summed E-state index contributed by atoms with van der Waals surface area (Å²) in [5, 5.41) is 10.0. The molecule has 33 heavy (non-hydrogen) atoms. The van der Waals surface area contributed by atoms with Crippen LogP contribution in [-0.4, -0.2) is 59.9 Å². The van der Waals surface area contributed by atoms with E-state index < -0.39 is 8.32 Å². The van der Waals surface area contributed by atoms with Crippen LogP contribution in [0.2, 0.25) is 18.1 Å². The molecule has 1 aromatic carbocycles. The molecule has 0 saturated heterocycles. The molecule has 6 nitrogen and oxygen atoms in total. The molecular formula is C26H46O6Si. The van der Waals surface area contributed by atoms with Gasteiger partial charge in [0.1, 0.15) is 12.5 Å². The van der Waals surface area contributed by atoms with Crippen LogP contribution < -0.4 is 4.74 Å². The molecule has 0 heterocycles. The van der Waals surface area contributed by atoms with E-state index in [-0.39, 0.29) is 36.6 Å². The van der Waals surface area contributed by atoms with Gasteiger partial charge < -0.3 is 28.5 Å². The average molecular weight is 483 g/mol. The van der Waals surface area contributed by atoms with Gasteiger partial charge in [0.15, 0.2) is 8.32 Å². The standard InChI is InChI=1S/C26H46O6Si/c1-9-10-22(18-27)25(31-20-28-5)17-24(32-33(7,8)26(2,3)4)15-16-30-19-21-11-13-23(29-6)14-12-21/h9,11-14,22,24-25,27H,1,10,15-20H2,2-8H3/t22-,24+,25-/m1/s1. The van der Waals surface area contributed by atoms with Crippen LogP contribution >= 0.6 is 0 Å². The third-order valence-electron chi connectivity index (χ3n) is 6.40. The number of rotatable bonds is 17. The fraction of sp³-hybridized carbons (Fsp3) is 0.692. The summed E-state index contributed by atoms with van der Waals surface area (Å²) in [6, 6.07) is 7.90. The highest BCUT2D eigenvalue weighted by atomic mass is 28.4. The minimum Gasteiger partial charge on any atom is -0.497 e. The van der Waals surface area contributed by atoms with E-state index in [1.54, 1.807) is 14.2 Å². The van der Waals surface area contributed by atoms with Gasteiger partial charge in [0.25, 0.3) is 0 Å². The molecule has 0 aliphatic rings. The SMILES string of the molecule is C=CC[C@H](CO)[C@@H](C[C@H](CCOCc1ccc(OC)cc1)O[Si](C)(C)C(C)(C)C)OCOC. The Labute approximate surface area is 202 Å². The highest BCUT2D eigenvalue weighted by molar-refractivity contribution is 6.74.